The number of nitrogens with zero attached hydrogens (tertiary/aromatic N) is 1. The number of fused-ring (bicyclic) bond motifs is 2. The second kappa shape index (κ2) is 5.59. The van der Waals surface area contributed by atoms with Crippen molar-refractivity contribution >= 4 is 31.9 Å². The smallest absolute Gasteiger partial charge is 0.0684 e. The van der Waals surface area contributed by atoms with Crippen LogP contribution in [-0.4, -0.2) is 11.5 Å². The highest BCUT2D eigenvalue weighted by atomic mass is 79.9. The van der Waals surface area contributed by atoms with Gasteiger partial charge in [-0.3, -0.25) is 4.98 Å². The van der Waals surface area contributed by atoms with Crippen LogP contribution in [-0.2, 0) is 6.54 Å². The molecule has 2 fully saturated rings. The molecule has 1 N–H and O–H groups in total. The predicted molar refractivity (Wildman–Crippen MR) is 80.3 cm³/mol. The summed E-state index contributed by atoms with van der Waals surface area (Å²) >= 11 is 6.99. The number of halogens is 2. The third-order valence-corrected chi connectivity index (χ3v) is 5.59. The monoisotopic (exact) mass is 372 g/mol. The lowest BCUT2D eigenvalue weighted by Gasteiger charge is -2.21. The number of pyridine rings is 1. The van der Waals surface area contributed by atoms with E-state index in [0.717, 1.165) is 45.5 Å². The molecule has 3 atom stereocenters. The standard InChI is InChI=1S/C14H18Br2N2/c15-12-5-13(16)14(18-7-12)8-17-6-11-4-9-1-2-10(11)3-9/h5,7,9-11,17H,1-4,6,8H2. The van der Waals surface area contributed by atoms with E-state index < -0.39 is 0 Å². The second-order valence-electron chi connectivity index (χ2n) is 5.65. The Morgan fingerprint density at radius 1 is 1.28 bits per heavy atom. The number of aromatic nitrogens is 1. The third kappa shape index (κ3) is 2.81. The molecule has 0 amide bonds. The van der Waals surface area contributed by atoms with Gasteiger partial charge in [-0.2, -0.15) is 0 Å². The van der Waals surface area contributed by atoms with Gasteiger partial charge in [-0.15, -0.1) is 0 Å². The van der Waals surface area contributed by atoms with Crippen molar-refractivity contribution in [2.45, 2.75) is 32.2 Å². The normalized spacial score (nSPS) is 30.0. The first-order valence-corrected chi connectivity index (χ1v) is 8.31. The fourth-order valence-corrected chi connectivity index (χ4v) is 4.70. The van der Waals surface area contributed by atoms with Crippen molar-refractivity contribution in [2.24, 2.45) is 17.8 Å². The van der Waals surface area contributed by atoms with Gasteiger partial charge < -0.3 is 5.32 Å². The highest BCUT2D eigenvalue weighted by molar-refractivity contribution is 9.11. The quantitative estimate of drug-likeness (QED) is 0.858. The number of nitrogens with one attached hydrogen (secondary N) is 1. The molecule has 0 saturated heterocycles. The van der Waals surface area contributed by atoms with Crippen LogP contribution in [0.2, 0.25) is 0 Å². The second-order valence-corrected chi connectivity index (χ2v) is 7.42. The van der Waals surface area contributed by atoms with Gasteiger partial charge in [0, 0.05) is 21.7 Å². The van der Waals surface area contributed by atoms with Gasteiger partial charge in [0.05, 0.1) is 5.69 Å². The summed E-state index contributed by atoms with van der Waals surface area (Å²) in [4.78, 5) is 4.43. The lowest BCUT2D eigenvalue weighted by atomic mass is 9.89. The Morgan fingerprint density at radius 3 is 2.83 bits per heavy atom. The molecule has 2 aliphatic carbocycles. The molecule has 0 aromatic carbocycles. The Morgan fingerprint density at radius 2 is 2.17 bits per heavy atom. The molecule has 0 spiro atoms. The fourth-order valence-electron chi connectivity index (χ4n) is 3.58. The number of hydrogen-bond donors (Lipinski definition) is 1. The van der Waals surface area contributed by atoms with Crippen molar-refractivity contribution < 1.29 is 0 Å². The SMILES string of the molecule is Brc1cnc(CNCC2CC3CCC2C3)c(Br)c1. The zero-order valence-electron chi connectivity index (χ0n) is 10.3. The summed E-state index contributed by atoms with van der Waals surface area (Å²) in [5.74, 6) is 2.96. The van der Waals surface area contributed by atoms with Crippen LogP contribution in [0.3, 0.4) is 0 Å². The van der Waals surface area contributed by atoms with Gasteiger partial charge in [0.2, 0.25) is 0 Å². The molecule has 98 valence electrons. The molecule has 18 heavy (non-hydrogen) atoms. The van der Waals surface area contributed by atoms with Crippen LogP contribution in [0.25, 0.3) is 0 Å². The van der Waals surface area contributed by atoms with E-state index in [1.165, 1.54) is 25.7 Å². The van der Waals surface area contributed by atoms with Crippen LogP contribution >= 0.6 is 31.9 Å². The molecule has 2 bridgehead atoms. The molecule has 0 radical (unpaired) electrons. The van der Waals surface area contributed by atoms with Gasteiger partial charge in [-0.05, 0) is 81.5 Å². The first-order valence-electron chi connectivity index (χ1n) is 6.73. The maximum atomic E-state index is 4.43. The Hall–Kier alpha value is 0.0700. The zero-order valence-corrected chi connectivity index (χ0v) is 13.5. The summed E-state index contributed by atoms with van der Waals surface area (Å²) < 4.78 is 2.10. The van der Waals surface area contributed by atoms with Gasteiger partial charge in [0.1, 0.15) is 0 Å². The Bertz CT molecular complexity index is 436. The molecule has 1 aromatic rings. The van der Waals surface area contributed by atoms with Crippen molar-refractivity contribution in [3.05, 3.63) is 26.9 Å². The minimum atomic E-state index is 0.863. The summed E-state index contributed by atoms with van der Waals surface area (Å²) in [6.07, 6.45) is 7.76. The van der Waals surface area contributed by atoms with Gasteiger partial charge in [-0.1, -0.05) is 6.42 Å². The van der Waals surface area contributed by atoms with E-state index in [9.17, 15) is 0 Å². The van der Waals surface area contributed by atoms with Gasteiger partial charge >= 0.3 is 0 Å². The summed E-state index contributed by atoms with van der Waals surface area (Å²) in [5, 5.41) is 3.58. The van der Waals surface area contributed by atoms with Gasteiger partial charge in [0.15, 0.2) is 0 Å². The van der Waals surface area contributed by atoms with Crippen molar-refractivity contribution in [3.8, 4) is 0 Å². The van der Waals surface area contributed by atoms with Crippen LogP contribution in [0.15, 0.2) is 21.2 Å². The van der Waals surface area contributed by atoms with E-state index in [-0.39, 0.29) is 0 Å². The average Bonchev–Trinajstić information content (AvgIpc) is 2.94. The summed E-state index contributed by atoms with van der Waals surface area (Å²) in [7, 11) is 0. The van der Waals surface area contributed by atoms with E-state index in [4.69, 9.17) is 0 Å². The first-order chi connectivity index (χ1) is 8.72. The van der Waals surface area contributed by atoms with Gasteiger partial charge in [0.25, 0.3) is 0 Å². The predicted octanol–water partition coefficient (Wildman–Crippen LogP) is 4.13. The van der Waals surface area contributed by atoms with Crippen LogP contribution in [0, 0.1) is 17.8 Å². The van der Waals surface area contributed by atoms with Crippen LogP contribution in [0.1, 0.15) is 31.4 Å². The molecule has 4 heteroatoms. The fraction of sp³-hybridized carbons (Fsp3) is 0.643. The maximum absolute atomic E-state index is 4.43. The average molecular weight is 374 g/mol. The van der Waals surface area contributed by atoms with E-state index in [1.807, 2.05) is 6.20 Å². The molecule has 2 aliphatic rings. The minimum Gasteiger partial charge on any atom is -0.311 e. The molecule has 2 nitrogen and oxygen atoms in total. The minimum absolute atomic E-state index is 0.863. The van der Waals surface area contributed by atoms with Crippen molar-refractivity contribution in [2.75, 3.05) is 6.54 Å². The van der Waals surface area contributed by atoms with E-state index in [0.29, 0.717) is 0 Å². The third-order valence-electron chi connectivity index (χ3n) is 4.47. The van der Waals surface area contributed by atoms with Crippen LogP contribution < -0.4 is 5.32 Å². The van der Waals surface area contributed by atoms with E-state index in [2.05, 4.69) is 48.2 Å². The largest absolute Gasteiger partial charge is 0.311 e. The molecule has 0 aliphatic heterocycles. The zero-order chi connectivity index (χ0) is 12.5. The number of rotatable bonds is 4. The van der Waals surface area contributed by atoms with Crippen molar-refractivity contribution in [1.82, 2.24) is 10.3 Å². The Kier molecular flexibility index (Phi) is 4.06. The summed E-state index contributed by atoms with van der Waals surface area (Å²) in [5.41, 5.74) is 1.10. The van der Waals surface area contributed by atoms with Gasteiger partial charge in [-0.25, -0.2) is 0 Å². The van der Waals surface area contributed by atoms with Crippen molar-refractivity contribution in [1.29, 1.82) is 0 Å². The molecule has 3 rings (SSSR count). The topological polar surface area (TPSA) is 24.9 Å². The van der Waals surface area contributed by atoms with Crippen molar-refractivity contribution in [3.63, 3.8) is 0 Å². The highest BCUT2D eigenvalue weighted by Crippen LogP contribution is 2.47. The molecule has 3 unspecified atom stereocenters. The summed E-state index contributed by atoms with van der Waals surface area (Å²) in [6, 6.07) is 2.06. The Labute approximate surface area is 125 Å². The highest BCUT2D eigenvalue weighted by Gasteiger charge is 2.38. The van der Waals surface area contributed by atoms with Crippen LogP contribution in [0.4, 0.5) is 0 Å². The van der Waals surface area contributed by atoms with Crippen LogP contribution in [0.5, 0.6) is 0 Å². The molecule has 1 heterocycles. The molecular formula is C14H18Br2N2. The molecule has 2 saturated carbocycles. The lowest BCUT2D eigenvalue weighted by Crippen LogP contribution is -2.26. The molecular weight excluding hydrogens is 356 g/mol. The first kappa shape index (κ1) is 13.1. The molecule has 1 aromatic heterocycles. The maximum Gasteiger partial charge on any atom is 0.0684 e. The van der Waals surface area contributed by atoms with E-state index >= 15 is 0 Å². The Balaban J connectivity index is 1.50. The number of hydrogen-bond acceptors (Lipinski definition) is 2. The lowest BCUT2D eigenvalue weighted by molar-refractivity contribution is 0.318. The van der Waals surface area contributed by atoms with E-state index in [1.54, 1.807) is 0 Å². The summed E-state index contributed by atoms with van der Waals surface area (Å²) in [6.45, 7) is 2.02.